The van der Waals surface area contributed by atoms with Gasteiger partial charge < -0.3 is 18.9 Å². The van der Waals surface area contributed by atoms with E-state index in [1.165, 1.54) is 0 Å². The molecule has 0 spiro atoms. The molecule has 3 atom stereocenters. The number of hydrogen-bond acceptors (Lipinski definition) is 3. The van der Waals surface area contributed by atoms with Crippen LogP contribution in [-0.4, -0.2) is 53.9 Å². The average molecular weight is 264 g/mol. The highest BCUT2D eigenvalue weighted by molar-refractivity contribution is 5.93. The Bertz CT molecular complexity index is 471. The zero-order chi connectivity index (χ0) is 13.4. The van der Waals surface area contributed by atoms with E-state index in [4.69, 9.17) is 9.47 Å². The number of fused-ring (bicyclic) bond motifs is 1. The Kier molecular flexibility index (Phi) is 3.33. The normalized spacial score (nSPS) is 30.4. The molecule has 0 unspecified atom stereocenters. The molecule has 1 aromatic heterocycles. The van der Waals surface area contributed by atoms with Crippen LogP contribution in [0, 0.1) is 0 Å². The molecule has 104 valence electrons. The Hall–Kier alpha value is -1.33. The molecular weight excluding hydrogens is 244 g/mol. The molecule has 1 aliphatic carbocycles. The van der Waals surface area contributed by atoms with E-state index in [0.717, 1.165) is 18.5 Å². The van der Waals surface area contributed by atoms with Crippen molar-refractivity contribution in [3.63, 3.8) is 0 Å². The van der Waals surface area contributed by atoms with Crippen molar-refractivity contribution in [2.24, 2.45) is 7.05 Å². The Labute approximate surface area is 113 Å². The highest BCUT2D eigenvalue weighted by Crippen LogP contribution is 2.32. The molecule has 1 aliphatic heterocycles. The minimum Gasteiger partial charge on any atom is -0.379 e. The van der Waals surface area contributed by atoms with E-state index >= 15 is 0 Å². The van der Waals surface area contributed by atoms with E-state index in [0.29, 0.717) is 13.2 Å². The number of methoxy groups -OCH3 is 1. The van der Waals surface area contributed by atoms with Crippen LogP contribution in [-0.2, 0) is 16.5 Å². The molecule has 19 heavy (non-hydrogen) atoms. The summed E-state index contributed by atoms with van der Waals surface area (Å²) in [4.78, 5) is 14.6. The predicted octanol–water partition coefficient (Wildman–Crippen LogP) is 1.04. The lowest BCUT2D eigenvalue weighted by molar-refractivity contribution is -0.0948. The lowest BCUT2D eigenvalue weighted by atomic mass is 10.1. The summed E-state index contributed by atoms with van der Waals surface area (Å²) in [6, 6.07) is 3.92. The minimum atomic E-state index is 0.0305. The lowest BCUT2D eigenvalue weighted by Crippen LogP contribution is -2.54. The standard InChI is InChI=1S/C14H20N2O3/c1-15-7-3-4-11(15)14(17)16-8-9-19-13-10(16)5-6-12(13)18-2/h3-4,7,10,12-13H,5-6,8-9H2,1-2H3/t10-,12-,13+/m0/s1. The topological polar surface area (TPSA) is 43.7 Å². The maximum Gasteiger partial charge on any atom is 0.270 e. The van der Waals surface area contributed by atoms with Crippen LogP contribution in [0.3, 0.4) is 0 Å². The summed E-state index contributed by atoms with van der Waals surface area (Å²) < 4.78 is 13.1. The Balaban J connectivity index is 1.81. The van der Waals surface area contributed by atoms with Crippen LogP contribution in [0.4, 0.5) is 0 Å². The monoisotopic (exact) mass is 264 g/mol. The zero-order valence-electron chi connectivity index (χ0n) is 11.4. The average Bonchev–Trinajstić information content (AvgIpc) is 3.03. The number of amides is 1. The molecule has 0 N–H and O–H groups in total. The van der Waals surface area contributed by atoms with Crippen molar-refractivity contribution >= 4 is 5.91 Å². The summed E-state index contributed by atoms with van der Waals surface area (Å²) in [5, 5.41) is 0. The molecule has 5 heteroatoms. The quantitative estimate of drug-likeness (QED) is 0.802. The summed E-state index contributed by atoms with van der Waals surface area (Å²) in [6.45, 7) is 1.26. The lowest BCUT2D eigenvalue weighted by Gasteiger charge is -2.38. The molecule has 2 aliphatic rings. The van der Waals surface area contributed by atoms with Gasteiger partial charge in [-0.2, -0.15) is 0 Å². The molecule has 0 bridgehead atoms. The minimum absolute atomic E-state index is 0.0305. The number of aryl methyl sites for hydroxylation is 1. The first-order valence-electron chi connectivity index (χ1n) is 6.79. The van der Waals surface area contributed by atoms with Gasteiger partial charge in [0.25, 0.3) is 5.91 Å². The number of ether oxygens (including phenoxy) is 2. The first kappa shape index (κ1) is 12.7. The summed E-state index contributed by atoms with van der Waals surface area (Å²) in [5.74, 6) is 0.0996. The van der Waals surface area contributed by atoms with E-state index in [1.807, 2.05) is 34.8 Å². The van der Waals surface area contributed by atoms with Gasteiger partial charge in [0, 0.05) is 26.9 Å². The van der Waals surface area contributed by atoms with E-state index < -0.39 is 0 Å². The molecule has 1 aromatic rings. The molecule has 0 aromatic carbocycles. The third-order valence-corrected chi connectivity index (χ3v) is 4.26. The predicted molar refractivity (Wildman–Crippen MR) is 70.0 cm³/mol. The number of morpholine rings is 1. The molecule has 5 nitrogen and oxygen atoms in total. The fraction of sp³-hybridized carbons (Fsp3) is 0.643. The van der Waals surface area contributed by atoms with Gasteiger partial charge in [-0.05, 0) is 25.0 Å². The maximum atomic E-state index is 12.6. The van der Waals surface area contributed by atoms with Crippen LogP contribution in [0.2, 0.25) is 0 Å². The van der Waals surface area contributed by atoms with Gasteiger partial charge in [-0.1, -0.05) is 0 Å². The Morgan fingerprint density at radius 2 is 2.32 bits per heavy atom. The van der Waals surface area contributed by atoms with Crippen LogP contribution in [0.15, 0.2) is 18.3 Å². The highest BCUT2D eigenvalue weighted by Gasteiger charge is 2.44. The van der Waals surface area contributed by atoms with E-state index in [1.54, 1.807) is 7.11 Å². The van der Waals surface area contributed by atoms with Gasteiger partial charge in [0.2, 0.25) is 0 Å². The SMILES string of the molecule is CO[C@H]1CC[C@H]2[C@H]1OCCN2C(=O)c1cccn1C. The van der Waals surface area contributed by atoms with Crippen molar-refractivity contribution in [2.75, 3.05) is 20.3 Å². The molecule has 1 saturated heterocycles. The second-order valence-corrected chi connectivity index (χ2v) is 5.26. The van der Waals surface area contributed by atoms with Crippen molar-refractivity contribution in [3.8, 4) is 0 Å². The van der Waals surface area contributed by atoms with Crippen LogP contribution in [0.1, 0.15) is 23.3 Å². The van der Waals surface area contributed by atoms with E-state index in [9.17, 15) is 4.79 Å². The van der Waals surface area contributed by atoms with E-state index in [2.05, 4.69) is 0 Å². The van der Waals surface area contributed by atoms with Gasteiger partial charge in [0.1, 0.15) is 11.8 Å². The van der Waals surface area contributed by atoms with Gasteiger partial charge in [-0.3, -0.25) is 4.79 Å². The Morgan fingerprint density at radius 1 is 1.47 bits per heavy atom. The number of nitrogens with zero attached hydrogens (tertiary/aromatic N) is 2. The fourth-order valence-electron chi connectivity index (χ4n) is 3.25. The molecule has 2 heterocycles. The zero-order valence-corrected chi connectivity index (χ0v) is 11.4. The van der Waals surface area contributed by atoms with Crippen LogP contribution < -0.4 is 0 Å². The summed E-state index contributed by atoms with van der Waals surface area (Å²) >= 11 is 0. The van der Waals surface area contributed by atoms with E-state index in [-0.39, 0.29) is 24.2 Å². The largest absolute Gasteiger partial charge is 0.379 e. The van der Waals surface area contributed by atoms with Crippen LogP contribution >= 0.6 is 0 Å². The van der Waals surface area contributed by atoms with Crippen molar-refractivity contribution in [1.82, 2.24) is 9.47 Å². The maximum absolute atomic E-state index is 12.6. The summed E-state index contributed by atoms with van der Waals surface area (Å²) in [6.07, 6.45) is 3.97. The van der Waals surface area contributed by atoms with Crippen molar-refractivity contribution in [1.29, 1.82) is 0 Å². The third kappa shape index (κ3) is 2.07. The summed E-state index contributed by atoms with van der Waals surface area (Å²) in [7, 11) is 3.62. The molecule has 3 rings (SSSR count). The molecular formula is C14H20N2O3. The van der Waals surface area contributed by atoms with Gasteiger partial charge in [0.05, 0.1) is 18.8 Å². The number of carbonyl (C=O) groups excluding carboxylic acids is 1. The highest BCUT2D eigenvalue weighted by atomic mass is 16.5. The second-order valence-electron chi connectivity index (χ2n) is 5.26. The summed E-state index contributed by atoms with van der Waals surface area (Å²) in [5.41, 5.74) is 0.738. The second kappa shape index (κ2) is 4.98. The van der Waals surface area contributed by atoms with Gasteiger partial charge in [0.15, 0.2) is 0 Å². The first-order chi connectivity index (χ1) is 9.22. The Morgan fingerprint density at radius 3 is 3.00 bits per heavy atom. The van der Waals surface area contributed by atoms with Crippen LogP contribution in [0.5, 0.6) is 0 Å². The molecule has 1 amide bonds. The fourth-order valence-corrected chi connectivity index (χ4v) is 3.25. The third-order valence-electron chi connectivity index (χ3n) is 4.26. The van der Waals surface area contributed by atoms with Gasteiger partial charge in [-0.25, -0.2) is 0 Å². The van der Waals surface area contributed by atoms with Crippen molar-refractivity contribution < 1.29 is 14.3 Å². The number of carbonyl (C=O) groups is 1. The number of aromatic nitrogens is 1. The van der Waals surface area contributed by atoms with Crippen molar-refractivity contribution in [3.05, 3.63) is 24.0 Å². The first-order valence-corrected chi connectivity index (χ1v) is 6.79. The van der Waals surface area contributed by atoms with Gasteiger partial charge in [-0.15, -0.1) is 0 Å². The van der Waals surface area contributed by atoms with Crippen LogP contribution in [0.25, 0.3) is 0 Å². The number of rotatable bonds is 2. The smallest absolute Gasteiger partial charge is 0.270 e. The van der Waals surface area contributed by atoms with Crippen molar-refractivity contribution in [2.45, 2.75) is 31.1 Å². The molecule has 0 radical (unpaired) electrons. The van der Waals surface area contributed by atoms with Gasteiger partial charge >= 0.3 is 0 Å². The molecule has 2 fully saturated rings. The molecule has 1 saturated carbocycles. The number of hydrogen-bond donors (Lipinski definition) is 0.